The van der Waals surface area contributed by atoms with E-state index in [1.807, 2.05) is 6.07 Å². The first-order valence-electron chi connectivity index (χ1n) is 7.56. The van der Waals surface area contributed by atoms with Crippen molar-refractivity contribution in [2.75, 3.05) is 0 Å². The van der Waals surface area contributed by atoms with Gasteiger partial charge in [-0.15, -0.1) is 11.8 Å². The van der Waals surface area contributed by atoms with Gasteiger partial charge >= 0.3 is 29.6 Å². The molecule has 3 N–H and O–H groups in total. The van der Waals surface area contributed by atoms with Gasteiger partial charge in [-0.2, -0.15) is 0 Å². The number of carboxylic acid groups (broad SMARTS) is 1. The summed E-state index contributed by atoms with van der Waals surface area (Å²) in [5.74, 6) is -2.16. The maximum absolute atomic E-state index is 12.3. The van der Waals surface area contributed by atoms with Crippen molar-refractivity contribution in [1.29, 1.82) is 0 Å². The van der Waals surface area contributed by atoms with Crippen molar-refractivity contribution in [3.63, 3.8) is 0 Å². The van der Waals surface area contributed by atoms with Gasteiger partial charge in [-0.3, -0.25) is 9.59 Å². The summed E-state index contributed by atoms with van der Waals surface area (Å²) in [6, 6.07) is 6.19. The number of amides is 2. The molecule has 0 unspecified atom stereocenters. The monoisotopic (exact) mass is 371 g/mol. The fourth-order valence-electron chi connectivity index (χ4n) is 3.18. The molecule has 3 rings (SSSR count). The van der Waals surface area contributed by atoms with Crippen LogP contribution in [0.1, 0.15) is 25.5 Å². The van der Waals surface area contributed by atoms with E-state index in [4.69, 9.17) is 5.73 Å². The zero-order valence-corrected chi connectivity index (χ0v) is 17.1. The van der Waals surface area contributed by atoms with E-state index >= 15 is 0 Å². The van der Waals surface area contributed by atoms with Gasteiger partial charge in [0.15, 0.2) is 0 Å². The summed E-state index contributed by atoms with van der Waals surface area (Å²) in [5.41, 5.74) is 6.57. The van der Waals surface area contributed by atoms with Crippen LogP contribution >= 0.6 is 11.8 Å². The minimum Gasteiger partial charge on any atom is -0.548 e. The van der Waals surface area contributed by atoms with Crippen LogP contribution < -0.4 is 45.7 Å². The Labute approximate surface area is 172 Å². The van der Waals surface area contributed by atoms with Crippen LogP contribution in [0.5, 0.6) is 0 Å². The van der Waals surface area contributed by atoms with Crippen LogP contribution in [0.3, 0.4) is 0 Å². The van der Waals surface area contributed by atoms with Gasteiger partial charge in [-0.1, -0.05) is 30.3 Å². The quantitative estimate of drug-likeness (QED) is 0.412. The van der Waals surface area contributed by atoms with Gasteiger partial charge in [0.25, 0.3) is 0 Å². The molecule has 0 bridgehead atoms. The van der Waals surface area contributed by atoms with Crippen LogP contribution in [-0.2, 0) is 14.4 Å². The van der Waals surface area contributed by atoms with E-state index < -0.39 is 46.0 Å². The van der Waals surface area contributed by atoms with Crippen molar-refractivity contribution < 1.29 is 49.0 Å². The number of nitrogens with two attached hydrogens (primary N) is 1. The Bertz CT molecular complexity index is 700. The molecule has 1 aromatic rings. The van der Waals surface area contributed by atoms with Crippen LogP contribution in [-0.4, -0.2) is 44.9 Å². The Morgan fingerprint density at radius 3 is 2.48 bits per heavy atom. The molecule has 25 heavy (non-hydrogen) atoms. The van der Waals surface area contributed by atoms with E-state index in [1.165, 1.54) is 16.7 Å². The van der Waals surface area contributed by atoms with Gasteiger partial charge in [0, 0.05) is 4.75 Å². The third kappa shape index (κ3) is 3.46. The summed E-state index contributed by atoms with van der Waals surface area (Å²) in [7, 11) is 0. The molecular formula is C16H18N3NaO4S. The Hall–Kier alpha value is -1.06. The van der Waals surface area contributed by atoms with E-state index in [0.29, 0.717) is 5.56 Å². The van der Waals surface area contributed by atoms with Crippen molar-refractivity contribution in [3.8, 4) is 0 Å². The number of hydrogen-bond donors (Lipinski definition) is 2. The molecule has 2 heterocycles. The zero-order chi connectivity index (χ0) is 17.6. The molecule has 9 heteroatoms. The van der Waals surface area contributed by atoms with E-state index in [0.717, 1.165) is 0 Å². The predicted molar refractivity (Wildman–Crippen MR) is 86.4 cm³/mol. The average Bonchev–Trinajstić information content (AvgIpc) is 2.80. The van der Waals surface area contributed by atoms with Gasteiger partial charge in [-0.05, 0) is 19.4 Å². The second-order valence-electron chi connectivity index (χ2n) is 6.45. The van der Waals surface area contributed by atoms with Gasteiger partial charge in [0.2, 0.25) is 11.8 Å². The largest absolute Gasteiger partial charge is 1.00 e. The number of fused-ring (bicyclic) bond motifs is 1. The number of carbonyl (C=O) groups is 3. The molecule has 0 saturated carbocycles. The van der Waals surface area contributed by atoms with Crippen LogP contribution in [0.15, 0.2) is 30.3 Å². The van der Waals surface area contributed by atoms with Crippen molar-refractivity contribution in [2.24, 2.45) is 5.73 Å². The summed E-state index contributed by atoms with van der Waals surface area (Å²) >= 11 is 1.34. The smallest absolute Gasteiger partial charge is 0.548 e. The molecule has 0 aromatic heterocycles. The van der Waals surface area contributed by atoms with Gasteiger partial charge in [0.05, 0.1) is 12.0 Å². The maximum atomic E-state index is 12.3. The molecule has 7 nitrogen and oxygen atoms in total. The van der Waals surface area contributed by atoms with Gasteiger partial charge in [-0.25, -0.2) is 0 Å². The number of β-lactam (4-membered cyclic amide) rings is 1. The molecule has 128 valence electrons. The first-order valence-corrected chi connectivity index (χ1v) is 8.44. The van der Waals surface area contributed by atoms with Crippen molar-refractivity contribution >= 4 is 29.5 Å². The number of thioether (sulfide) groups is 1. The Morgan fingerprint density at radius 1 is 1.32 bits per heavy atom. The molecule has 0 spiro atoms. The minimum absolute atomic E-state index is 0. The van der Waals surface area contributed by atoms with E-state index in [9.17, 15) is 19.5 Å². The van der Waals surface area contributed by atoms with E-state index in [2.05, 4.69) is 5.32 Å². The number of benzene rings is 1. The average molecular weight is 371 g/mol. The topological polar surface area (TPSA) is 116 Å². The molecule has 2 saturated heterocycles. The number of rotatable bonds is 4. The molecule has 1 aromatic carbocycles. The number of carbonyl (C=O) groups excluding carboxylic acids is 3. The second-order valence-corrected chi connectivity index (χ2v) is 8.22. The third-order valence-electron chi connectivity index (χ3n) is 4.40. The number of nitrogens with zero attached hydrogens (tertiary/aromatic N) is 1. The summed E-state index contributed by atoms with van der Waals surface area (Å²) in [6.45, 7) is 3.50. The van der Waals surface area contributed by atoms with Crippen molar-refractivity contribution in [3.05, 3.63) is 35.9 Å². The Morgan fingerprint density at radius 2 is 1.92 bits per heavy atom. The molecule has 0 radical (unpaired) electrons. The normalized spacial score (nSPS) is 27.6. The van der Waals surface area contributed by atoms with E-state index in [-0.39, 0.29) is 29.6 Å². The maximum Gasteiger partial charge on any atom is 1.00 e. The third-order valence-corrected chi connectivity index (χ3v) is 5.97. The molecule has 2 aliphatic rings. The van der Waals surface area contributed by atoms with Gasteiger partial charge < -0.3 is 25.9 Å². The van der Waals surface area contributed by atoms with Gasteiger partial charge in [0.1, 0.15) is 17.5 Å². The summed E-state index contributed by atoms with van der Waals surface area (Å²) in [5, 5.41) is 13.6. The van der Waals surface area contributed by atoms with Crippen molar-refractivity contribution in [2.45, 2.75) is 42.1 Å². The zero-order valence-electron chi connectivity index (χ0n) is 14.3. The molecular weight excluding hydrogens is 353 g/mol. The van der Waals surface area contributed by atoms with Crippen LogP contribution in [0.25, 0.3) is 0 Å². The number of nitrogens with one attached hydrogen (secondary N) is 1. The summed E-state index contributed by atoms with van der Waals surface area (Å²) in [6.07, 6.45) is 0. The fourth-order valence-corrected chi connectivity index (χ4v) is 4.80. The molecule has 0 aliphatic carbocycles. The molecule has 2 amide bonds. The first kappa shape index (κ1) is 20.3. The SMILES string of the molecule is CC1(C)S[C@H]2[C@@H](NC(=O)[C@H](N)c3ccccc3)C(=O)N2[C@@H]1C(=O)[O-].[Na+]. The van der Waals surface area contributed by atoms with Crippen LogP contribution in [0, 0.1) is 0 Å². The number of carboxylic acids is 1. The second kappa shape index (κ2) is 7.28. The predicted octanol–water partition coefficient (Wildman–Crippen LogP) is -4.01. The number of aliphatic carboxylic acids is 1. The van der Waals surface area contributed by atoms with E-state index in [1.54, 1.807) is 38.1 Å². The summed E-state index contributed by atoms with van der Waals surface area (Å²) < 4.78 is -0.680. The molecule has 2 aliphatic heterocycles. The van der Waals surface area contributed by atoms with Crippen LogP contribution in [0.2, 0.25) is 0 Å². The first-order chi connectivity index (χ1) is 11.2. The Kier molecular flexibility index (Phi) is 5.90. The Balaban J connectivity index is 0.00000225. The fraction of sp³-hybridized carbons (Fsp3) is 0.438. The minimum atomic E-state index is -1.28. The number of hydrogen-bond acceptors (Lipinski definition) is 6. The summed E-state index contributed by atoms with van der Waals surface area (Å²) in [4.78, 5) is 37.2. The molecule has 2 fully saturated rings. The van der Waals surface area contributed by atoms with Crippen molar-refractivity contribution in [1.82, 2.24) is 10.2 Å². The van der Waals surface area contributed by atoms with Crippen LogP contribution in [0.4, 0.5) is 0 Å². The molecule has 4 atom stereocenters. The standard InChI is InChI=1S/C16H19N3O4S.Na/c1-16(2)11(15(22)23)19-13(21)10(14(19)24-16)18-12(20)9(17)8-6-4-3-5-7-8;/h3-7,9-11,14H,17H2,1-2H3,(H,18,20)(H,22,23);/q;+1/p-1/t9-,10+,11-,14+;/m1./s1.